The molecule has 1 atom stereocenters. The molecule has 1 aliphatic carbocycles. The van der Waals surface area contributed by atoms with Gasteiger partial charge in [0.1, 0.15) is 5.75 Å². The van der Waals surface area contributed by atoms with E-state index in [0.29, 0.717) is 6.10 Å². The van der Waals surface area contributed by atoms with Gasteiger partial charge >= 0.3 is 0 Å². The van der Waals surface area contributed by atoms with E-state index in [0.717, 1.165) is 43.4 Å². The van der Waals surface area contributed by atoms with Crippen LogP contribution >= 0.6 is 0 Å². The number of hydrogen-bond acceptors (Lipinski definition) is 2. The Balaban J connectivity index is 2.15. The van der Waals surface area contributed by atoms with Gasteiger partial charge in [-0.05, 0) is 55.4 Å². The van der Waals surface area contributed by atoms with Crippen molar-refractivity contribution in [3.63, 3.8) is 0 Å². The first kappa shape index (κ1) is 12.4. The van der Waals surface area contributed by atoms with Crippen LogP contribution in [0.5, 0.6) is 5.75 Å². The van der Waals surface area contributed by atoms with Gasteiger partial charge in [-0.25, -0.2) is 0 Å². The standard InChI is InChI=1S/C15H22O2/c1-3-12(4-2)17-13-8-9-14-11(10-13)6-5-7-15(14)16/h8-10,12,15-16H,3-7H2,1-2H3. The maximum atomic E-state index is 9.89. The zero-order valence-corrected chi connectivity index (χ0v) is 10.8. The molecule has 1 unspecified atom stereocenters. The molecule has 17 heavy (non-hydrogen) atoms. The van der Waals surface area contributed by atoms with Gasteiger partial charge in [0.15, 0.2) is 0 Å². The highest BCUT2D eigenvalue weighted by molar-refractivity contribution is 5.38. The Hall–Kier alpha value is -1.02. The summed E-state index contributed by atoms with van der Waals surface area (Å²) < 4.78 is 5.93. The molecule has 2 nitrogen and oxygen atoms in total. The zero-order chi connectivity index (χ0) is 12.3. The average molecular weight is 234 g/mol. The predicted molar refractivity (Wildman–Crippen MR) is 69.3 cm³/mol. The van der Waals surface area contributed by atoms with Gasteiger partial charge in [0.25, 0.3) is 0 Å². The summed E-state index contributed by atoms with van der Waals surface area (Å²) >= 11 is 0. The van der Waals surface area contributed by atoms with E-state index in [1.165, 1.54) is 5.56 Å². The molecule has 0 radical (unpaired) electrons. The van der Waals surface area contributed by atoms with E-state index >= 15 is 0 Å². The molecule has 0 bridgehead atoms. The van der Waals surface area contributed by atoms with E-state index in [2.05, 4.69) is 19.9 Å². The first-order valence-electron chi connectivity index (χ1n) is 6.72. The zero-order valence-electron chi connectivity index (χ0n) is 10.8. The van der Waals surface area contributed by atoms with Crippen LogP contribution in [0.3, 0.4) is 0 Å². The maximum absolute atomic E-state index is 9.89. The van der Waals surface area contributed by atoms with Crippen LogP contribution in [0.1, 0.15) is 56.8 Å². The molecule has 0 saturated heterocycles. The second kappa shape index (κ2) is 5.54. The Bertz CT molecular complexity index is 369. The Morgan fingerprint density at radius 1 is 1.35 bits per heavy atom. The predicted octanol–water partition coefficient (Wildman–Crippen LogP) is 3.62. The molecular formula is C15H22O2. The highest BCUT2D eigenvalue weighted by atomic mass is 16.5. The molecule has 0 amide bonds. The quantitative estimate of drug-likeness (QED) is 0.862. The number of fused-ring (bicyclic) bond motifs is 1. The third kappa shape index (κ3) is 2.81. The van der Waals surface area contributed by atoms with Crippen LogP contribution in [0.4, 0.5) is 0 Å². The number of benzene rings is 1. The molecule has 2 heteroatoms. The molecule has 1 aliphatic rings. The Labute approximate surface area is 104 Å². The van der Waals surface area contributed by atoms with Gasteiger partial charge < -0.3 is 9.84 Å². The number of aryl methyl sites for hydroxylation is 1. The number of ether oxygens (including phenoxy) is 1. The number of hydrogen-bond donors (Lipinski definition) is 1. The van der Waals surface area contributed by atoms with Crippen molar-refractivity contribution in [1.82, 2.24) is 0 Å². The van der Waals surface area contributed by atoms with Crippen molar-refractivity contribution in [1.29, 1.82) is 0 Å². The topological polar surface area (TPSA) is 29.5 Å². The smallest absolute Gasteiger partial charge is 0.120 e. The molecule has 0 heterocycles. The van der Waals surface area contributed by atoms with Crippen LogP contribution < -0.4 is 4.74 Å². The van der Waals surface area contributed by atoms with Gasteiger partial charge in [0.05, 0.1) is 12.2 Å². The van der Waals surface area contributed by atoms with E-state index < -0.39 is 0 Å². The van der Waals surface area contributed by atoms with Crippen molar-refractivity contribution < 1.29 is 9.84 Å². The molecule has 94 valence electrons. The van der Waals surface area contributed by atoms with Crippen molar-refractivity contribution in [2.24, 2.45) is 0 Å². The van der Waals surface area contributed by atoms with Crippen molar-refractivity contribution in [3.05, 3.63) is 29.3 Å². The van der Waals surface area contributed by atoms with Crippen molar-refractivity contribution in [2.45, 2.75) is 58.2 Å². The van der Waals surface area contributed by atoms with Crippen LogP contribution in [-0.2, 0) is 6.42 Å². The van der Waals surface area contributed by atoms with Gasteiger partial charge in [-0.15, -0.1) is 0 Å². The van der Waals surface area contributed by atoms with Crippen LogP contribution in [-0.4, -0.2) is 11.2 Å². The summed E-state index contributed by atoms with van der Waals surface area (Å²) in [4.78, 5) is 0. The van der Waals surface area contributed by atoms with E-state index in [9.17, 15) is 5.11 Å². The maximum Gasteiger partial charge on any atom is 0.120 e. The minimum atomic E-state index is -0.277. The third-order valence-electron chi connectivity index (χ3n) is 3.61. The molecule has 0 fully saturated rings. The molecule has 1 N–H and O–H groups in total. The van der Waals surface area contributed by atoms with Crippen LogP contribution in [0.25, 0.3) is 0 Å². The molecule has 1 aromatic rings. The first-order valence-corrected chi connectivity index (χ1v) is 6.72. The monoisotopic (exact) mass is 234 g/mol. The van der Waals surface area contributed by atoms with E-state index in [1.807, 2.05) is 12.1 Å². The van der Waals surface area contributed by atoms with Crippen LogP contribution in [0.2, 0.25) is 0 Å². The lowest BCUT2D eigenvalue weighted by Gasteiger charge is -2.23. The summed E-state index contributed by atoms with van der Waals surface area (Å²) in [7, 11) is 0. The van der Waals surface area contributed by atoms with Gasteiger partial charge in [0.2, 0.25) is 0 Å². The summed E-state index contributed by atoms with van der Waals surface area (Å²) in [5.41, 5.74) is 2.35. The Morgan fingerprint density at radius 3 is 2.82 bits per heavy atom. The minimum absolute atomic E-state index is 0.277. The first-order chi connectivity index (χ1) is 8.24. The van der Waals surface area contributed by atoms with Gasteiger partial charge in [-0.2, -0.15) is 0 Å². The molecule has 0 spiro atoms. The normalized spacial score (nSPS) is 19.2. The van der Waals surface area contributed by atoms with Crippen LogP contribution in [0, 0.1) is 0 Å². The van der Waals surface area contributed by atoms with Crippen molar-refractivity contribution >= 4 is 0 Å². The Kier molecular flexibility index (Phi) is 4.06. The van der Waals surface area contributed by atoms with Crippen molar-refractivity contribution in [2.75, 3.05) is 0 Å². The van der Waals surface area contributed by atoms with Crippen molar-refractivity contribution in [3.8, 4) is 5.75 Å². The molecule has 0 aliphatic heterocycles. The fourth-order valence-corrected chi connectivity index (χ4v) is 2.49. The second-order valence-corrected chi connectivity index (χ2v) is 4.83. The van der Waals surface area contributed by atoms with Gasteiger partial charge in [-0.3, -0.25) is 0 Å². The van der Waals surface area contributed by atoms with E-state index in [1.54, 1.807) is 0 Å². The molecule has 2 rings (SSSR count). The lowest BCUT2D eigenvalue weighted by atomic mass is 9.89. The number of rotatable bonds is 4. The SMILES string of the molecule is CCC(CC)Oc1ccc2c(c1)CCCC2O. The lowest BCUT2D eigenvalue weighted by Crippen LogP contribution is -2.15. The van der Waals surface area contributed by atoms with E-state index in [4.69, 9.17) is 4.74 Å². The minimum Gasteiger partial charge on any atom is -0.490 e. The summed E-state index contributed by atoms with van der Waals surface area (Å²) in [6.07, 6.45) is 5.13. The largest absolute Gasteiger partial charge is 0.490 e. The molecule has 1 aromatic carbocycles. The molecular weight excluding hydrogens is 212 g/mol. The lowest BCUT2D eigenvalue weighted by molar-refractivity contribution is 0.155. The third-order valence-corrected chi connectivity index (χ3v) is 3.61. The fraction of sp³-hybridized carbons (Fsp3) is 0.600. The highest BCUT2D eigenvalue weighted by Crippen LogP contribution is 2.32. The summed E-state index contributed by atoms with van der Waals surface area (Å²) in [6.45, 7) is 4.30. The fourth-order valence-electron chi connectivity index (χ4n) is 2.49. The second-order valence-electron chi connectivity index (χ2n) is 4.83. The van der Waals surface area contributed by atoms with E-state index in [-0.39, 0.29) is 6.10 Å². The van der Waals surface area contributed by atoms with Gasteiger partial charge in [0, 0.05) is 0 Å². The summed E-state index contributed by atoms with van der Waals surface area (Å²) in [6, 6.07) is 6.12. The Morgan fingerprint density at radius 2 is 2.12 bits per heavy atom. The van der Waals surface area contributed by atoms with Crippen LogP contribution in [0.15, 0.2) is 18.2 Å². The summed E-state index contributed by atoms with van der Waals surface area (Å²) in [5.74, 6) is 0.951. The highest BCUT2D eigenvalue weighted by Gasteiger charge is 2.18. The summed E-state index contributed by atoms with van der Waals surface area (Å²) in [5, 5.41) is 9.89. The van der Waals surface area contributed by atoms with Gasteiger partial charge in [-0.1, -0.05) is 19.9 Å². The molecule has 0 aromatic heterocycles. The average Bonchev–Trinajstić information content (AvgIpc) is 2.36. The number of aliphatic hydroxyl groups excluding tert-OH is 1. The number of aliphatic hydroxyl groups is 1. The molecule has 0 saturated carbocycles.